The van der Waals surface area contributed by atoms with E-state index in [1.165, 1.54) is 54.9 Å². The summed E-state index contributed by atoms with van der Waals surface area (Å²) in [4.78, 5) is 2.40. The van der Waals surface area contributed by atoms with Crippen molar-refractivity contribution in [1.29, 1.82) is 0 Å². The van der Waals surface area contributed by atoms with Gasteiger partial charge in [0.2, 0.25) is 0 Å². The van der Waals surface area contributed by atoms with Crippen molar-refractivity contribution in [2.45, 2.75) is 5.41 Å². The minimum Gasteiger partial charge on any atom is -0.456 e. The van der Waals surface area contributed by atoms with Crippen LogP contribution in [0.4, 0.5) is 17.1 Å². The maximum absolute atomic E-state index is 6.46. The smallest absolute Gasteiger partial charge is 0.137 e. The van der Waals surface area contributed by atoms with Crippen molar-refractivity contribution in [2.75, 3.05) is 4.90 Å². The van der Waals surface area contributed by atoms with E-state index in [0.29, 0.717) is 0 Å². The molecule has 1 aromatic heterocycles. The molecule has 1 heterocycles. The maximum atomic E-state index is 6.46. The molecular formula is C51H33NO. The van der Waals surface area contributed by atoms with Gasteiger partial charge in [0.25, 0.3) is 0 Å². The van der Waals surface area contributed by atoms with E-state index in [9.17, 15) is 0 Å². The molecule has 0 bridgehead atoms. The van der Waals surface area contributed by atoms with Crippen LogP contribution in [0.25, 0.3) is 54.6 Å². The fourth-order valence-electron chi connectivity index (χ4n) is 9.07. The number of fused-ring (bicyclic) bond motifs is 9. The second kappa shape index (κ2) is 11.6. The number of benzene rings is 9. The highest BCUT2D eigenvalue weighted by atomic mass is 16.3. The van der Waals surface area contributed by atoms with E-state index in [-0.39, 0.29) is 0 Å². The molecule has 2 heteroatoms. The third-order valence-corrected chi connectivity index (χ3v) is 11.3. The summed E-state index contributed by atoms with van der Waals surface area (Å²) in [6, 6.07) is 72.8. The Morgan fingerprint density at radius 3 is 1.66 bits per heavy atom. The highest BCUT2D eigenvalue weighted by Crippen LogP contribution is 2.56. The van der Waals surface area contributed by atoms with Crippen molar-refractivity contribution < 1.29 is 4.42 Å². The van der Waals surface area contributed by atoms with E-state index in [4.69, 9.17) is 4.42 Å². The zero-order valence-electron chi connectivity index (χ0n) is 28.9. The number of hydrogen-bond acceptors (Lipinski definition) is 2. The van der Waals surface area contributed by atoms with Crippen molar-refractivity contribution in [3.8, 4) is 11.1 Å². The van der Waals surface area contributed by atoms with Gasteiger partial charge >= 0.3 is 0 Å². The van der Waals surface area contributed by atoms with Crippen molar-refractivity contribution in [2.24, 2.45) is 0 Å². The quantitative estimate of drug-likeness (QED) is 0.169. The minimum atomic E-state index is -0.458. The minimum absolute atomic E-state index is 0.458. The average Bonchev–Trinajstić information content (AvgIpc) is 3.75. The van der Waals surface area contributed by atoms with Crippen LogP contribution in [0.5, 0.6) is 0 Å². The number of nitrogens with zero attached hydrogens (tertiary/aromatic N) is 1. The largest absolute Gasteiger partial charge is 0.456 e. The highest BCUT2D eigenvalue weighted by molar-refractivity contribution is 6.15. The van der Waals surface area contributed by atoms with E-state index >= 15 is 0 Å². The summed E-state index contributed by atoms with van der Waals surface area (Å²) in [5.74, 6) is 0. The molecule has 0 amide bonds. The van der Waals surface area contributed by atoms with Crippen LogP contribution in [0.3, 0.4) is 0 Å². The summed E-state index contributed by atoms with van der Waals surface area (Å²) >= 11 is 0. The van der Waals surface area contributed by atoms with Gasteiger partial charge in [-0.3, -0.25) is 0 Å². The molecule has 1 aliphatic carbocycles. The van der Waals surface area contributed by atoms with Crippen molar-refractivity contribution in [1.82, 2.24) is 0 Å². The third-order valence-electron chi connectivity index (χ3n) is 11.3. The normalized spacial score (nSPS) is 13.1. The number of hydrogen-bond donors (Lipinski definition) is 0. The van der Waals surface area contributed by atoms with Gasteiger partial charge in [-0.05, 0) is 85.9 Å². The lowest BCUT2D eigenvalue weighted by atomic mass is 9.68. The van der Waals surface area contributed by atoms with Crippen LogP contribution in [0.1, 0.15) is 22.3 Å². The lowest BCUT2D eigenvalue weighted by molar-refractivity contribution is 0.669. The molecule has 0 spiro atoms. The SMILES string of the molecule is c1ccc(C2(c3ccc(N(c4ccc5c(c4)oc4ccccc45)c4cc5ccccc5c5ccccc45)cc3)c3ccccc3-c3ccccc32)cc1. The Hall–Kier alpha value is -6.90. The number of rotatable bonds is 5. The van der Waals surface area contributed by atoms with Gasteiger partial charge in [-0.2, -0.15) is 0 Å². The van der Waals surface area contributed by atoms with Crippen molar-refractivity contribution in [3.05, 3.63) is 222 Å². The van der Waals surface area contributed by atoms with Gasteiger partial charge in [-0.15, -0.1) is 0 Å². The van der Waals surface area contributed by atoms with Gasteiger partial charge in [0, 0.05) is 33.6 Å². The fraction of sp³-hybridized carbons (Fsp3) is 0.0196. The van der Waals surface area contributed by atoms with E-state index in [2.05, 4.69) is 193 Å². The standard InChI is InChI=1S/C51H33NO/c1-2-15-35(16-3-1)51(46-23-11-8-19-41(46)42-20-9-12-24-47(42)51)36-26-28-37(29-27-36)52(38-30-31-45-44-22-10-13-25-49(44)53-50(45)33-38)48-32-34-14-4-5-17-39(34)40-18-6-7-21-43(40)48/h1-33H. The first-order valence-corrected chi connectivity index (χ1v) is 18.3. The summed E-state index contributed by atoms with van der Waals surface area (Å²) in [6.45, 7) is 0. The monoisotopic (exact) mass is 675 g/mol. The molecular weight excluding hydrogens is 643 g/mol. The summed E-state index contributed by atoms with van der Waals surface area (Å²) in [6.07, 6.45) is 0. The van der Waals surface area contributed by atoms with Gasteiger partial charge in [0.1, 0.15) is 11.2 Å². The summed E-state index contributed by atoms with van der Waals surface area (Å²) in [5.41, 5.74) is 12.3. The molecule has 0 aliphatic heterocycles. The van der Waals surface area contributed by atoms with Crippen LogP contribution in [0.2, 0.25) is 0 Å². The van der Waals surface area contributed by atoms with Crippen LogP contribution in [-0.2, 0) is 5.41 Å². The zero-order chi connectivity index (χ0) is 34.9. The van der Waals surface area contributed by atoms with E-state index < -0.39 is 5.41 Å². The average molecular weight is 676 g/mol. The van der Waals surface area contributed by atoms with Crippen molar-refractivity contribution in [3.63, 3.8) is 0 Å². The Balaban J connectivity index is 1.16. The van der Waals surface area contributed by atoms with Crippen LogP contribution in [0, 0.1) is 0 Å². The van der Waals surface area contributed by atoms with Gasteiger partial charge in [0.15, 0.2) is 0 Å². The number of para-hydroxylation sites is 1. The number of anilines is 3. The molecule has 1 aliphatic rings. The first-order valence-electron chi connectivity index (χ1n) is 18.3. The van der Waals surface area contributed by atoms with Crippen LogP contribution in [0.15, 0.2) is 205 Å². The van der Waals surface area contributed by atoms with E-state index in [1.807, 2.05) is 12.1 Å². The molecule has 0 N–H and O–H groups in total. The Labute approximate surface area is 307 Å². The van der Waals surface area contributed by atoms with Gasteiger partial charge in [0.05, 0.1) is 11.1 Å². The van der Waals surface area contributed by atoms with Gasteiger partial charge < -0.3 is 9.32 Å². The van der Waals surface area contributed by atoms with Crippen molar-refractivity contribution >= 4 is 60.5 Å². The molecule has 248 valence electrons. The third kappa shape index (κ3) is 4.33. The lowest BCUT2D eigenvalue weighted by Gasteiger charge is -2.34. The molecule has 0 saturated heterocycles. The second-order valence-corrected chi connectivity index (χ2v) is 14.0. The van der Waals surface area contributed by atoms with E-state index in [1.54, 1.807) is 0 Å². The molecule has 0 unspecified atom stereocenters. The lowest BCUT2D eigenvalue weighted by Crippen LogP contribution is -2.28. The molecule has 2 nitrogen and oxygen atoms in total. The first-order chi connectivity index (χ1) is 26.3. The Morgan fingerprint density at radius 2 is 0.906 bits per heavy atom. The topological polar surface area (TPSA) is 16.4 Å². The second-order valence-electron chi connectivity index (χ2n) is 14.0. The van der Waals surface area contributed by atoms with Crippen LogP contribution in [-0.4, -0.2) is 0 Å². The number of furan rings is 1. The molecule has 10 aromatic rings. The first kappa shape index (κ1) is 29.8. The molecule has 11 rings (SSSR count). The molecule has 9 aromatic carbocycles. The molecule has 0 atom stereocenters. The Kier molecular flexibility index (Phi) is 6.50. The molecule has 0 saturated carbocycles. The van der Waals surface area contributed by atoms with E-state index in [0.717, 1.165) is 39.0 Å². The Morgan fingerprint density at radius 1 is 0.358 bits per heavy atom. The summed E-state index contributed by atoms with van der Waals surface area (Å²) < 4.78 is 6.46. The predicted molar refractivity (Wildman–Crippen MR) is 221 cm³/mol. The van der Waals surface area contributed by atoms with Gasteiger partial charge in [-0.1, -0.05) is 158 Å². The van der Waals surface area contributed by atoms with Gasteiger partial charge in [-0.25, -0.2) is 0 Å². The Bertz CT molecular complexity index is 2960. The summed E-state index contributed by atoms with van der Waals surface area (Å²) in [5, 5.41) is 7.12. The maximum Gasteiger partial charge on any atom is 0.137 e. The molecule has 53 heavy (non-hydrogen) atoms. The molecule has 0 radical (unpaired) electrons. The molecule has 0 fully saturated rings. The summed E-state index contributed by atoms with van der Waals surface area (Å²) in [7, 11) is 0. The van der Waals surface area contributed by atoms with Crippen LogP contribution < -0.4 is 4.90 Å². The predicted octanol–water partition coefficient (Wildman–Crippen LogP) is 13.7. The fourth-order valence-corrected chi connectivity index (χ4v) is 9.07. The zero-order valence-corrected chi connectivity index (χ0v) is 28.9. The van der Waals surface area contributed by atoms with Crippen LogP contribution >= 0.6 is 0 Å². The highest BCUT2D eigenvalue weighted by Gasteiger charge is 2.45.